The zero-order valence-corrected chi connectivity index (χ0v) is 14.8. The van der Waals surface area contributed by atoms with Gasteiger partial charge in [0, 0.05) is 6.04 Å². The number of hydrogen-bond acceptors (Lipinski definition) is 4. The lowest BCUT2D eigenvalue weighted by Gasteiger charge is -2.11. The lowest BCUT2D eigenvalue weighted by atomic mass is 10.1. The van der Waals surface area contributed by atoms with Gasteiger partial charge in [-0.2, -0.15) is 5.10 Å². The van der Waals surface area contributed by atoms with Gasteiger partial charge in [0.1, 0.15) is 18.3 Å². The maximum atomic E-state index is 12.6. The minimum Gasteiger partial charge on any atom is -0.352 e. The van der Waals surface area contributed by atoms with Crippen molar-refractivity contribution in [3.63, 3.8) is 0 Å². The van der Waals surface area contributed by atoms with Crippen molar-refractivity contribution in [2.24, 2.45) is 0 Å². The minimum atomic E-state index is -0.277. The van der Waals surface area contributed by atoms with Crippen LogP contribution in [0.2, 0.25) is 0 Å². The monoisotopic (exact) mass is 339 g/mol. The van der Waals surface area contributed by atoms with Crippen LogP contribution in [0, 0.1) is 13.8 Å². The molecule has 7 nitrogen and oxygen atoms in total. The molecule has 3 rings (SSSR count). The summed E-state index contributed by atoms with van der Waals surface area (Å²) in [5.41, 5.74) is 3.31. The number of hydrogen-bond donors (Lipinski definition) is 1. The van der Waals surface area contributed by atoms with Crippen molar-refractivity contribution < 1.29 is 4.79 Å². The third kappa shape index (κ3) is 3.17. The average molecular weight is 339 g/mol. The van der Waals surface area contributed by atoms with Crippen LogP contribution in [-0.4, -0.2) is 31.3 Å². The molecule has 25 heavy (non-hydrogen) atoms. The van der Waals surface area contributed by atoms with Crippen LogP contribution in [0.5, 0.6) is 0 Å². The largest absolute Gasteiger partial charge is 0.352 e. The van der Waals surface area contributed by atoms with Gasteiger partial charge in [-0.3, -0.25) is 14.2 Å². The van der Waals surface area contributed by atoms with Gasteiger partial charge in [0.05, 0.1) is 11.9 Å². The van der Waals surface area contributed by atoms with E-state index >= 15 is 0 Å². The molecule has 0 saturated carbocycles. The van der Waals surface area contributed by atoms with E-state index in [0.717, 1.165) is 16.8 Å². The Morgan fingerprint density at radius 3 is 2.76 bits per heavy atom. The van der Waals surface area contributed by atoms with Gasteiger partial charge in [-0.25, -0.2) is 9.67 Å². The minimum absolute atomic E-state index is 0.0203. The van der Waals surface area contributed by atoms with Crippen LogP contribution in [0.25, 0.3) is 16.7 Å². The van der Waals surface area contributed by atoms with Gasteiger partial charge in [-0.05, 0) is 44.9 Å². The first-order valence-electron chi connectivity index (χ1n) is 8.17. The molecule has 1 amide bonds. The molecular formula is C18H21N5O2. The molecule has 0 atom stereocenters. The molecule has 3 aromatic rings. The summed E-state index contributed by atoms with van der Waals surface area (Å²) >= 11 is 0. The van der Waals surface area contributed by atoms with Gasteiger partial charge in [0.25, 0.3) is 5.56 Å². The highest BCUT2D eigenvalue weighted by Crippen LogP contribution is 2.19. The number of rotatable bonds is 4. The number of aromatic nitrogens is 4. The van der Waals surface area contributed by atoms with Crippen molar-refractivity contribution in [1.29, 1.82) is 0 Å². The van der Waals surface area contributed by atoms with Crippen molar-refractivity contribution in [1.82, 2.24) is 24.6 Å². The summed E-state index contributed by atoms with van der Waals surface area (Å²) in [5.74, 6) is -0.222. The molecule has 1 N–H and O–H groups in total. The molecule has 2 heterocycles. The van der Waals surface area contributed by atoms with Gasteiger partial charge in [0.15, 0.2) is 5.65 Å². The van der Waals surface area contributed by atoms with Crippen molar-refractivity contribution in [3.8, 4) is 5.69 Å². The highest BCUT2D eigenvalue weighted by molar-refractivity contribution is 5.78. The maximum Gasteiger partial charge on any atom is 0.264 e. The molecule has 0 unspecified atom stereocenters. The molecule has 0 bridgehead atoms. The first-order valence-corrected chi connectivity index (χ1v) is 8.17. The second kappa shape index (κ2) is 6.51. The van der Waals surface area contributed by atoms with E-state index in [4.69, 9.17) is 0 Å². The summed E-state index contributed by atoms with van der Waals surface area (Å²) in [6.45, 7) is 7.72. The van der Waals surface area contributed by atoms with E-state index in [9.17, 15) is 9.59 Å². The van der Waals surface area contributed by atoms with Crippen molar-refractivity contribution >= 4 is 16.9 Å². The zero-order valence-electron chi connectivity index (χ0n) is 14.8. The molecule has 0 aliphatic heterocycles. The first-order chi connectivity index (χ1) is 11.9. The zero-order chi connectivity index (χ0) is 18.1. The number of amides is 1. The van der Waals surface area contributed by atoms with Crippen molar-refractivity contribution in [2.75, 3.05) is 0 Å². The summed E-state index contributed by atoms with van der Waals surface area (Å²) in [6, 6.07) is 5.94. The molecular weight excluding hydrogens is 318 g/mol. The fourth-order valence-corrected chi connectivity index (χ4v) is 2.72. The van der Waals surface area contributed by atoms with E-state index < -0.39 is 0 Å². The fourth-order valence-electron chi connectivity index (χ4n) is 2.72. The quantitative estimate of drug-likeness (QED) is 0.785. The van der Waals surface area contributed by atoms with Crippen molar-refractivity contribution in [2.45, 2.75) is 40.3 Å². The van der Waals surface area contributed by atoms with Crippen LogP contribution in [0.1, 0.15) is 25.0 Å². The molecule has 130 valence electrons. The van der Waals surface area contributed by atoms with E-state index in [1.165, 1.54) is 17.1 Å². The lowest BCUT2D eigenvalue weighted by Crippen LogP contribution is -2.36. The second-order valence-electron chi connectivity index (χ2n) is 6.41. The molecule has 7 heteroatoms. The van der Waals surface area contributed by atoms with Gasteiger partial charge in [0.2, 0.25) is 5.91 Å². The van der Waals surface area contributed by atoms with Gasteiger partial charge in [-0.1, -0.05) is 12.1 Å². The Hall–Kier alpha value is -2.96. The summed E-state index contributed by atoms with van der Waals surface area (Å²) in [5, 5.41) is 7.49. The lowest BCUT2D eigenvalue weighted by molar-refractivity contribution is -0.122. The number of carbonyl (C=O) groups excluding carboxylic acids is 1. The van der Waals surface area contributed by atoms with Crippen LogP contribution in [-0.2, 0) is 11.3 Å². The second-order valence-corrected chi connectivity index (χ2v) is 6.41. The predicted octanol–water partition coefficient (Wildman–Crippen LogP) is 1.72. The Bertz CT molecular complexity index is 1000. The van der Waals surface area contributed by atoms with Gasteiger partial charge >= 0.3 is 0 Å². The van der Waals surface area contributed by atoms with E-state index in [1.54, 1.807) is 4.68 Å². The van der Waals surface area contributed by atoms with Crippen LogP contribution in [0.15, 0.2) is 35.5 Å². The topological polar surface area (TPSA) is 81.8 Å². The number of benzene rings is 1. The third-order valence-electron chi connectivity index (χ3n) is 4.12. The Morgan fingerprint density at radius 1 is 1.28 bits per heavy atom. The Morgan fingerprint density at radius 2 is 2.04 bits per heavy atom. The summed E-state index contributed by atoms with van der Waals surface area (Å²) < 4.78 is 2.97. The smallest absolute Gasteiger partial charge is 0.264 e. The van der Waals surface area contributed by atoms with Crippen LogP contribution in [0.4, 0.5) is 0 Å². The van der Waals surface area contributed by atoms with Crippen LogP contribution < -0.4 is 10.9 Å². The molecule has 0 radical (unpaired) electrons. The standard InChI is InChI=1S/C18H21N5O2/c1-11(2)21-16(24)9-22-10-19-17-14(18(22)25)8-20-23(17)15-7-5-6-12(3)13(15)4/h5-8,10-11H,9H2,1-4H3,(H,21,24). The van der Waals surface area contributed by atoms with E-state index in [0.29, 0.717) is 11.0 Å². The molecule has 0 aliphatic carbocycles. The maximum absolute atomic E-state index is 12.6. The normalized spacial score (nSPS) is 11.2. The van der Waals surface area contributed by atoms with Crippen LogP contribution >= 0.6 is 0 Å². The number of fused-ring (bicyclic) bond motifs is 1. The highest BCUT2D eigenvalue weighted by Gasteiger charge is 2.14. The molecule has 0 fully saturated rings. The van der Waals surface area contributed by atoms with Gasteiger partial charge in [-0.15, -0.1) is 0 Å². The summed E-state index contributed by atoms with van der Waals surface area (Å²) in [4.78, 5) is 28.9. The van der Waals surface area contributed by atoms with Crippen LogP contribution in [0.3, 0.4) is 0 Å². The summed E-state index contributed by atoms with van der Waals surface area (Å²) in [6.07, 6.45) is 2.90. The molecule has 0 aliphatic rings. The van der Waals surface area contributed by atoms with Crippen molar-refractivity contribution in [3.05, 3.63) is 52.2 Å². The number of nitrogens with zero attached hydrogens (tertiary/aromatic N) is 4. The Labute approximate surface area is 145 Å². The predicted molar refractivity (Wildman–Crippen MR) is 95.9 cm³/mol. The number of carbonyl (C=O) groups is 1. The van der Waals surface area contributed by atoms with Gasteiger partial charge < -0.3 is 5.32 Å². The molecule has 1 aromatic carbocycles. The highest BCUT2D eigenvalue weighted by atomic mass is 16.2. The van der Waals surface area contributed by atoms with E-state index in [2.05, 4.69) is 15.4 Å². The molecule has 0 saturated heterocycles. The fraction of sp³-hybridized carbons (Fsp3) is 0.333. The molecule has 2 aromatic heterocycles. The first kappa shape index (κ1) is 16.9. The average Bonchev–Trinajstić information content (AvgIpc) is 2.96. The molecule has 0 spiro atoms. The Balaban J connectivity index is 2.04. The summed E-state index contributed by atoms with van der Waals surface area (Å²) in [7, 11) is 0. The Kier molecular flexibility index (Phi) is 4.39. The SMILES string of the molecule is Cc1cccc(-n2ncc3c(=O)n(CC(=O)NC(C)C)cnc32)c1C. The van der Waals surface area contributed by atoms with E-state index in [1.807, 2.05) is 45.9 Å². The number of aryl methyl sites for hydroxylation is 1. The third-order valence-corrected chi connectivity index (χ3v) is 4.12. The van der Waals surface area contributed by atoms with E-state index in [-0.39, 0.29) is 24.1 Å². The number of nitrogens with one attached hydrogen (secondary N) is 1.